The molecule has 0 saturated carbocycles. The van der Waals surface area contributed by atoms with Crippen molar-refractivity contribution < 1.29 is 9.52 Å². The average Bonchev–Trinajstić information content (AvgIpc) is 2.57. The smallest absolute Gasteiger partial charge is 0.200 e. The molecule has 0 aliphatic rings. The molecule has 0 aliphatic heterocycles. The molecule has 0 radical (unpaired) electrons. The molecular weight excluding hydrogens is 324 g/mol. The number of phenolic OH excluding ortho intramolecular Hbond substituents is 1. The summed E-state index contributed by atoms with van der Waals surface area (Å²) in [5, 5.41) is 10.8. The van der Waals surface area contributed by atoms with Crippen LogP contribution in [0, 0.1) is 0 Å². The van der Waals surface area contributed by atoms with Gasteiger partial charge in [0.15, 0.2) is 0 Å². The molecule has 0 spiro atoms. The van der Waals surface area contributed by atoms with E-state index >= 15 is 0 Å². The Balaban J connectivity index is 2.37. The lowest BCUT2D eigenvalue weighted by Gasteiger charge is -2.17. The van der Waals surface area contributed by atoms with Crippen LogP contribution in [0.15, 0.2) is 51.7 Å². The van der Waals surface area contributed by atoms with Gasteiger partial charge in [-0.15, -0.1) is 0 Å². The van der Waals surface area contributed by atoms with Gasteiger partial charge in [0.25, 0.3) is 0 Å². The number of fused-ring (bicyclic) bond motifs is 1. The van der Waals surface area contributed by atoms with Gasteiger partial charge in [0.05, 0.1) is 10.9 Å². The third-order valence-corrected chi connectivity index (χ3v) is 4.64. The summed E-state index contributed by atoms with van der Waals surface area (Å²) in [6.45, 7) is 4.15. The Kier molecular flexibility index (Phi) is 4.63. The van der Waals surface area contributed by atoms with Gasteiger partial charge in [-0.2, -0.15) is 0 Å². The second kappa shape index (κ2) is 6.70. The summed E-state index contributed by atoms with van der Waals surface area (Å²) < 4.78 is 6.09. The fourth-order valence-corrected chi connectivity index (χ4v) is 3.16. The number of phenols is 1. The Hall–Kier alpha value is -2.26. The maximum atomic E-state index is 13.1. The van der Waals surface area contributed by atoms with Gasteiger partial charge < -0.3 is 9.52 Å². The zero-order valence-corrected chi connectivity index (χ0v) is 14.4. The highest BCUT2D eigenvalue weighted by Gasteiger charge is 2.21. The van der Waals surface area contributed by atoms with E-state index in [4.69, 9.17) is 16.0 Å². The molecule has 1 aromatic heterocycles. The minimum atomic E-state index is -0.0829. The van der Waals surface area contributed by atoms with Crippen LogP contribution in [-0.4, -0.2) is 5.11 Å². The highest BCUT2D eigenvalue weighted by molar-refractivity contribution is 6.30. The molecule has 4 heteroatoms. The lowest BCUT2D eigenvalue weighted by Crippen LogP contribution is -2.11. The molecule has 3 aromatic rings. The largest absolute Gasteiger partial charge is 0.508 e. The Morgan fingerprint density at radius 1 is 1.08 bits per heavy atom. The summed E-state index contributed by atoms with van der Waals surface area (Å²) >= 11 is 5.98. The summed E-state index contributed by atoms with van der Waals surface area (Å²) in [5.74, 6) is 0.890. The Labute approximate surface area is 145 Å². The summed E-state index contributed by atoms with van der Waals surface area (Å²) in [7, 11) is 0. The molecule has 0 fully saturated rings. The van der Waals surface area contributed by atoms with E-state index in [0.29, 0.717) is 27.3 Å². The van der Waals surface area contributed by atoms with E-state index in [9.17, 15) is 9.90 Å². The Morgan fingerprint density at radius 2 is 1.75 bits per heavy atom. The molecule has 0 saturated heterocycles. The minimum absolute atomic E-state index is 0.0829. The highest BCUT2D eigenvalue weighted by atomic mass is 35.5. The van der Waals surface area contributed by atoms with Crippen molar-refractivity contribution in [3.05, 3.63) is 63.5 Å². The van der Waals surface area contributed by atoms with Crippen LogP contribution in [0.2, 0.25) is 5.02 Å². The number of rotatable bonds is 4. The van der Waals surface area contributed by atoms with Crippen molar-refractivity contribution in [3.8, 4) is 16.9 Å². The molecule has 124 valence electrons. The van der Waals surface area contributed by atoms with Gasteiger partial charge in [0, 0.05) is 17.0 Å². The van der Waals surface area contributed by atoms with Crippen LogP contribution < -0.4 is 5.43 Å². The van der Waals surface area contributed by atoms with Crippen molar-refractivity contribution >= 4 is 22.6 Å². The van der Waals surface area contributed by atoms with Gasteiger partial charge >= 0.3 is 0 Å². The van der Waals surface area contributed by atoms with Crippen LogP contribution in [0.1, 0.15) is 38.4 Å². The standard InChI is InChI=1S/C20H19ClO3/c1-3-12(4-2)20-18(13-5-7-14(21)8-6-13)19(23)16-10-9-15(22)11-17(16)24-20/h5-12,22H,3-4H2,1-2H3. The van der Waals surface area contributed by atoms with Crippen LogP contribution in [0.4, 0.5) is 0 Å². The summed E-state index contributed by atoms with van der Waals surface area (Å²) in [6, 6.07) is 11.8. The van der Waals surface area contributed by atoms with E-state index < -0.39 is 0 Å². The second-order valence-corrected chi connectivity index (χ2v) is 6.31. The monoisotopic (exact) mass is 342 g/mol. The summed E-state index contributed by atoms with van der Waals surface area (Å²) in [4.78, 5) is 13.1. The molecule has 0 unspecified atom stereocenters. The van der Waals surface area contributed by atoms with E-state index in [1.54, 1.807) is 18.2 Å². The highest BCUT2D eigenvalue weighted by Crippen LogP contribution is 2.34. The van der Waals surface area contributed by atoms with Crippen molar-refractivity contribution in [3.63, 3.8) is 0 Å². The number of benzene rings is 2. The lowest BCUT2D eigenvalue weighted by molar-refractivity contribution is 0.456. The van der Waals surface area contributed by atoms with Crippen LogP contribution in [0.25, 0.3) is 22.1 Å². The maximum absolute atomic E-state index is 13.1. The minimum Gasteiger partial charge on any atom is -0.508 e. The Morgan fingerprint density at radius 3 is 2.38 bits per heavy atom. The van der Waals surface area contributed by atoms with Crippen molar-refractivity contribution in [1.29, 1.82) is 0 Å². The van der Waals surface area contributed by atoms with Gasteiger partial charge in [-0.1, -0.05) is 37.6 Å². The van der Waals surface area contributed by atoms with E-state index in [1.165, 1.54) is 12.1 Å². The molecule has 0 bridgehead atoms. The average molecular weight is 343 g/mol. The van der Waals surface area contributed by atoms with Gasteiger partial charge in [0.2, 0.25) is 5.43 Å². The normalized spacial score (nSPS) is 11.3. The number of aromatic hydroxyl groups is 1. The quantitative estimate of drug-likeness (QED) is 0.659. The number of hydrogen-bond acceptors (Lipinski definition) is 3. The molecule has 1 N–H and O–H groups in total. The van der Waals surface area contributed by atoms with E-state index in [-0.39, 0.29) is 17.1 Å². The fraction of sp³-hybridized carbons (Fsp3) is 0.250. The van der Waals surface area contributed by atoms with Crippen molar-refractivity contribution in [2.75, 3.05) is 0 Å². The van der Waals surface area contributed by atoms with Crippen LogP contribution in [0.5, 0.6) is 5.75 Å². The fourth-order valence-electron chi connectivity index (χ4n) is 3.04. The van der Waals surface area contributed by atoms with E-state index in [0.717, 1.165) is 18.4 Å². The van der Waals surface area contributed by atoms with Crippen molar-refractivity contribution in [1.82, 2.24) is 0 Å². The Bertz CT molecular complexity index is 922. The summed E-state index contributed by atoms with van der Waals surface area (Å²) in [6.07, 6.45) is 1.73. The van der Waals surface area contributed by atoms with Gasteiger partial charge in [-0.05, 0) is 42.7 Å². The van der Waals surface area contributed by atoms with Crippen LogP contribution in [0.3, 0.4) is 0 Å². The molecule has 0 aliphatic carbocycles. The van der Waals surface area contributed by atoms with Crippen LogP contribution in [-0.2, 0) is 0 Å². The molecule has 2 aromatic carbocycles. The first kappa shape index (κ1) is 16.6. The first-order valence-electron chi connectivity index (χ1n) is 8.10. The zero-order chi connectivity index (χ0) is 17.3. The summed E-state index contributed by atoms with van der Waals surface area (Å²) in [5.41, 5.74) is 1.71. The van der Waals surface area contributed by atoms with E-state index in [1.807, 2.05) is 12.1 Å². The maximum Gasteiger partial charge on any atom is 0.200 e. The predicted molar refractivity (Wildman–Crippen MR) is 97.9 cm³/mol. The molecular formula is C20H19ClO3. The molecule has 3 rings (SSSR count). The van der Waals surface area contributed by atoms with Crippen molar-refractivity contribution in [2.24, 2.45) is 0 Å². The first-order valence-corrected chi connectivity index (χ1v) is 8.48. The number of hydrogen-bond donors (Lipinski definition) is 1. The third kappa shape index (κ3) is 2.92. The van der Waals surface area contributed by atoms with Gasteiger partial charge in [-0.25, -0.2) is 0 Å². The molecule has 0 amide bonds. The van der Waals surface area contributed by atoms with Gasteiger partial charge in [-0.3, -0.25) is 4.79 Å². The molecule has 1 heterocycles. The molecule has 0 atom stereocenters. The lowest BCUT2D eigenvalue weighted by atomic mass is 9.92. The SMILES string of the molecule is CCC(CC)c1oc2cc(O)ccc2c(=O)c1-c1ccc(Cl)cc1. The topological polar surface area (TPSA) is 50.4 Å². The van der Waals surface area contributed by atoms with Gasteiger partial charge in [0.1, 0.15) is 17.1 Å². The first-order chi connectivity index (χ1) is 11.5. The molecule has 3 nitrogen and oxygen atoms in total. The number of halogens is 1. The van der Waals surface area contributed by atoms with Crippen molar-refractivity contribution in [2.45, 2.75) is 32.6 Å². The predicted octanol–water partition coefficient (Wildman–Crippen LogP) is 5.72. The molecule has 24 heavy (non-hydrogen) atoms. The van der Waals surface area contributed by atoms with E-state index in [2.05, 4.69) is 13.8 Å². The van der Waals surface area contributed by atoms with Crippen LogP contribution >= 0.6 is 11.6 Å². The zero-order valence-electron chi connectivity index (χ0n) is 13.7. The third-order valence-electron chi connectivity index (χ3n) is 4.39. The second-order valence-electron chi connectivity index (χ2n) is 5.87.